The van der Waals surface area contributed by atoms with Crippen molar-refractivity contribution in [1.29, 1.82) is 0 Å². The maximum absolute atomic E-state index is 12.9. The molecule has 2 atom stereocenters. The molecule has 2 unspecified atom stereocenters. The van der Waals surface area contributed by atoms with E-state index in [1.54, 1.807) is 0 Å². The predicted molar refractivity (Wildman–Crippen MR) is 48.3 cm³/mol. The van der Waals surface area contributed by atoms with E-state index < -0.39 is 19.0 Å². The number of carbonyl (C=O) groups excluding carboxylic acids is 1. The molecular formula is C10H8F4O2. The minimum Gasteiger partial charge on any atom is -0.456 e. The molecule has 0 aliphatic rings. The Balaban J connectivity index is 2.76. The lowest BCUT2D eigenvalue weighted by Crippen LogP contribution is -2.30. The van der Waals surface area contributed by atoms with Crippen molar-refractivity contribution in [3.8, 4) is 5.75 Å². The summed E-state index contributed by atoms with van der Waals surface area (Å²) >= 11 is 0. The number of alkyl halides is 4. The number of aldehydes is 1. The Morgan fingerprint density at radius 3 is 2.31 bits per heavy atom. The van der Waals surface area contributed by atoms with E-state index in [-0.39, 0.29) is 11.3 Å². The summed E-state index contributed by atoms with van der Waals surface area (Å²) in [5.41, 5.74) is -0.0355. The summed E-state index contributed by atoms with van der Waals surface area (Å²) in [7, 11) is 0. The van der Waals surface area contributed by atoms with Crippen molar-refractivity contribution in [1.82, 2.24) is 0 Å². The molecular weight excluding hydrogens is 228 g/mol. The van der Waals surface area contributed by atoms with Gasteiger partial charge in [0.1, 0.15) is 5.75 Å². The third-order valence-electron chi connectivity index (χ3n) is 1.78. The molecule has 6 heteroatoms. The van der Waals surface area contributed by atoms with Crippen molar-refractivity contribution < 1.29 is 27.1 Å². The van der Waals surface area contributed by atoms with Crippen molar-refractivity contribution in [2.45, 2.75) is 19.0 Å². The fourth-order valence-corrected chi connectivity index (χ4v) is 0.986. The van der Waals surface area contributed by atoms with Gasteiger partial charge in [-0.25, -0.2) is 13.2 Å². The van der Waals surface area contributed by atoms with E-state index >= 15 is 0 Å². The molecule has 88 valence electrons. The van der Waals surface area contributed by atoms with Crippen LogP contribution in [0.4, 0.5) is 17.6 Å². The first-order valence-electron chi connectivity index (χ1n) is 4.33. The summed E-state index contributed by atoms with van der Waals surface area (Å²) in [5.74, 6) is -0.270. The fraction of sp³-hybridized carbons (Fsp3) is 0.300. The van der Waals surface area contributed by atoms with Gasteiger partial charge in [0.05, 0.1) is 5.56 Å². The van der Waals surface area contributed by atoms with Gasteiger partial charge in [-0.1, -0.05) is 12.1 Å². The van der Waals surface area contributed by atoms with Gasteiger partial charge in [0, 0.05) is 0 Å². The second-order valence-electron chi connectivity index (χ2n) is 2.90. The molecule has 2 nitrogen and oxygen atoms in total. The largest absolute Gasteiger partial charge is 0.456 e. The van der Waals surface area contributed by atoms with Gasteiger partial charge in [-0.2, -0.15) is 4.39 Å². The van der Waals surface area contributed by atoms with E-state index in [1.165, 1.54) is 24.3 Å². The number of hydrogen-bond donors (Lipinski definition) is 0. The van der Waals surface area contributed by atoms with Crippen LogP contribution >= 0.6 is 0 Å². The second-order valence-corrected chi connectivity index (χ2v) is 2.90. The van der Waals surface area contributed by atoms with E-state index in [0.29, 0.717) is 6.29 Å². The lowest BCUT2D eigenvalue weighted by atomic mass is 10.2. The average molecular weight is 236 g/mol. The second kappa shape index (κ2) is 5.48. The van der Waals surface area contributed by atoms with E-state index in [1.807, 2.05) is 0 Å². The highest BCUT2D eigenvalue weighted by atomic mass is 19.3. The maximum atomic E-state index is 12.9. The topological polar surface area (TPSA) is 26.3 Å². The van der Waals surface area contributed by atoms with E-state index in [2.05, 4.69) is 4.74 Å². The van der Waals surface area contributed by atoms with Gasteiger partial charge in [-0.15, -0.1) is 0 Å². The van der Waals surface area contributed by atoms with Gasteiger partial charge in [0.2, 0.25) is 6.17 Å². The molecule has 1 aromatic rings. The number of benzene rings is 1. The number of ether oxygens (including phenoxy) is 1. The summed E-state index contributed by atoms with van der Waals surface area (Å²) in [6.07, 6.45) is -8.96. The minimum absolute atomic E-state index is 0.0355. The van der Waals surface area contributed by atoms with E-state index in [9.17, 15) is 22.4 Å². The van der Waals surface area contributed by atoms with Crippen LogP contribution in [0.5, 0.6) is 5.75 Å². The highest BCUT2D eigenvalue weighted by Crippen LogP contribution is 2.21. The van der Waals surface area contributed by atoms with Crippen LogP contribution in [0.15, 0.2) is 24.3 Å². The van der Waals surface area contributed by atoms with E-state index in [0.717, 1.165) is 0 Å². The fourth-order valence-electron chi connectivity index (χ4n) is 0.986. The summed E-state index contributed by atoms with van der Waals surface area (Å²) < 4.78 is 53.3. The van der Waals surface area contributed by atoms with E-state index in [4.69, 9.17) is 0 Å². The minimum atomic E-state index is -3.47. The zero-order valence-electron chi connectivity index (χ0n) is 7.95. The van der Waals surface area contributed by atoms with Crippen LogP contribution in [-0.2, 0) is 0 Å². The zero-order valence-corrected chi connectivity index (χ0v) is 7.95. The first-order valence-corrected chi connectivity index (χ1v) is 4.33. The molecule has 0 aliphatic carbocycles. The lowest BCUT2D eigenvalue weighted by molar-refractivity contribution is -0.0751. The molecule has 0 N–H and O–H groups in total. The van der Waals surface area contributed by atoms with Gasteiger partial charge < -0.3 is 4.74 Å². The quantitative estimate of drug-likeness (QED) is 0.580. The molecule has 0 heterocycles. The number of carbonyl (C=O) groups is 1. The van der Waals surface area contributed by atoms with Crippen LogP contribution in [-0.4, -0.2) is 25.2 Å². The van der Waals surface area contributed by atoms with Crippen molar-refractivity contribution in [3.63, 3.8) is 0 Å². The summed E-state index contributed by atoms with van der Waals surface area (Å²) in [5, 5.41) is 0. The molecule has 1 rings (SSSR count). The molecule has 0 amide bonds. The molecule has 0 aromatic heterocycles. The number of halogens is 4. The molecule has 0 radical (unpaired) electrons. The first-order chi connectivity index (χ1) is 7.56. The molecule has 0 fully saturated rings. The Bertz CT molecular complexity index is 356. The Labute approximate surface area is 88.8 Å². The summed E-state index contributed by atoms with van der Waals surface area (Å²) in [6, 6.07) is 5.37. The smallest absolute Gasteiger partial charge is 0.275 e. The van der Waals surface area contributed by atoms with Crippen molar-refractivity contribution in [3.05, 3.63) is 29.8 Å². The zero-order chi connectivity index (χ0) is 12.1. The Kier molecular flexibility index (Phi) is 4.28. The maximum Gasteiger partial charge on any atom is 0.275 e. The van der Waals surface area contributed by atoms with Crippen molar-refractivity contribution in [2.75, 3.05) is 0 Å². The number of rotatable bonds is 5. The van der Waals surface area contributed by atoms with Gasteiger partial charge in [0.25, 0.3) is 12.8 Å². The highest BCUT2D eigenvalue weighted by molar-refractivity contribution is 5.79. The Morgan fingerprint density at radius 2 is 1.75 bits per heavy atom. The Hall–Kier alpha value is -1.59. The van der Waals surface area contributed by atoms with Crippen LogP contribution in [0.25, 0.3) is 0 Å². The normalized spacial score (nSPS) is 14.6. The lowest BCUT2D eigenvalue weighted by Gasteiger charge is -2.15. The standard InChI is InChI=1S/C10H8F4O2/c11-8(9(12)13)10(14)16-7-4-2-1-3-6(7)5-15/h1-5,8-10H. The van der Waals surface area contributed by atoms with Crippen LogP contribution in [0.1, 0.15) is 10.4 Å². The van der Waals surface area contributed by atoms with Crippen LogP contribution in [0.3, 0.4) is 0 Å². The van der Waals surface area contributed by atoms with Crippen LogP contribution < -0.4 is 4.74 Å². The van der Waals surface area contributed by atoms with Crippen LogP contribution in [0.2, 0.25) is 0 Å². The highest BCUT2D eigenvalue weighted by Gasteiger charge is 2.31. The molecule has 0 bridgehead atoms. The molecule has 0 aliphatic heterocycles. The summed E-state index contributed by atoms with van der Waals surface area (Å²) in [6.45, 7) is 0. The average Bonchev–Trinajstić information content (AvgIpc) is 2.28. The third-order valence-corrected chi connectivity index (χ3v) is 1.78. The number of para-hydroxylation sites is 1. The SMILES string of the molecule is O=Cc1ccccc1OC(F)C(F)C(F)F. The molecule has 0 saturated carbocycles. The van der Waals surface area contributed by atoms with Gasteiger partial charge in [-0.05, 0) is 12.1 Å². The summed E-state index contributed by atoms with van der Waals surface area (Å²) in [4.78, 5) is 10.5. The van der Waals surface area contributed by atoms with Gasteiger partial charge >= 0.3 is 0 Å². The molecule has 1 aromatic carbocycles. The van der Waals surface area contributed by atoms with Crippen molar-refractivity contribution >= 4 is 6.29 Å². The Morgan fingerprint density at radius 1 is 1.12 bits per heavy atom. The van der Waals surface area contributed by atoms with Crippen LogP contribution in [0, 0.1) is 0 Å². The molecule has 0 spiro atoms. The molecule has 16 heavy (non-hydrogen) atoms. The predicted octanol–water partition coefficient (Wildman–Crippen LogP) is 2.78. The third kappa shape index (κ3) is 2.95. The number of hydrogen-bond acceptors (Lipinski definition) is 2. The monoisotopic (exact) mass is 236 g/mol. The first kappa shape index (κ1) is 12.5. The van der Waals surface area contributed by atoms with Gasteiger partial charge in [0.15, 0.2) is 6.29 Å². The van der Waals surface area contributed by atoms with Gasteiger partial charge in [-0.3, -0.25) is 4.79 Å². The van der Waals surface area contributed by atoms with Crippen molar-refractivity contribution in [2.24, 2.45) is 0 Å². The molecule has 0 saturated heterocycles.